The number of ketones is 1. The van der Waals surface area contributed by atoms with E-state index in [0.29, 0.717) is 41.8 Å². The highest BCUT2D eigenvalue weighted by Gasteiger charge is 2.32. The summed E-state index contributed by atoms with van der Waals surface area (Å²) in [6.45, 7) is 1.69. The van der Waals surface area contributed by atoms with Gasteiger partial charge in [-0.1, -0.05) is 24.4 Å². The van der Waals surface area contributed by atoms with Gasteiger partial charge in [0.25, 0.3) is 0 Å². The van der Waals surface area contributed by atoms with Gasteiger partial charge in [0.05, 0.1) is 10.5 Å². The largest absolute Gasteiger partial charge is 0.396 e. The predicted octanol–water partition coefficient (Wildman–Crippen LogP) is 5.01. The Morgan fingerprint density at radius 2 is 2.32 bits per heavy atom. The molecule has 1 aliphatic carbocycles. The van der Waals surface area contributed by atoms with E-state index in [1.165, 1.54) is 0 Å². The molecular formula is C20H25ClFNO2. The molecular weight excluding hydrogens is 341 g/mol. The van der Waals surface area contributed by atoms with Gasteiger partial charge in [-0.3, -0.25) is 4.79 Å². The third-order valence-electron chi connectivity index (χ3n) is 5.29. The predicted molar refractivity (Wildman–Crippen MR) is 98.2 cm³/mol. The Bertz CT molecular complexity index is 768. The Morgan fingerprint density at radius 3 is 3.04 bits per heavy atom. The quantitative estimate of drug-likeness (QED) is 0.731. The van der Waals surface area contributed by atoms with Gasteiger partial charge < -0.3 is 9.51 Å². The molecule has 0 aromatic carbocycles. The highest BCUT2D eigenvalue weighted by Crippen LogP contribution is 2.37. The van der Waals surface area contributed by atoms with Gasteiger partial charge in [-0.2, -0.15) is 0 Å². The van der Waals surface area contributed by atoms with Gasteiger partial charge in [0.2, 0.25) is 0 Å². The summed E-state index contributed by atoms with van der Waals surface area (Å²) in [5, 5.41) is 9.78. The van der Waals surface area contributed by atoms with E-state index in [1.807, 2.05) is 22.7 Å². The first kappa shape index (κ1) is 18.4. The van der Waals surface area contributed by atoms with Crippen LogP contribution in [0.15, 0.2) is 24.4 Å². The molecule has 0 amide bonds. The van der Waals surface area contributed by atoms with Crippen LogP contribution in [0.2, 0.25) is 5.02 Å². The summed E-state index contributed by atoms with van der Waals surface area (Å²) in [5.41, 5.74) is 1.09. The van der Waals surface area contributed by atoms with Crippen LogP contribution < -0.4 is 0 Å². The molecule has 136 valence electrons. The van der Waals surface area contributed by atoms with Crippen molar-refractivity contribution in [2.75, 3.05) is 6.61 Å². The Morgan fingerprint density at radius 1 is 1.52 bits per heavy atom. The number of aromatic nitrogens is 1. The summed E-state index contributed by atoms with van der Waals surface area (Å²) in [7, 11) is 0. The first-order valence-electron chi connectivity index (χ1n) is 9.03. The van der Waals surface area contributed by atoms with E-state index in [-0.39, 0.29) is 18.3 Å². The zero-order chi connectivity index (χ0) is 18.0. The molecule has 0 saturated heterocycles. The van der Waals surface area contributed by atoms with E-state index >= 15 is 0 Å². The lowest BCUT2D eigenvalue weighted by molar-refractivity contribution is 0.0835. The van der Waals surface area contributed by atoms with Crippen LogP contribution in [-0.4, -0.2) is 27.6 Å². The minimum atomic E-state index is -1.09. The normalized spacial score (nSPS) is 23.9. The van der Waals surface area contributed by atoms with Gasteiger partial charge >= 0.3 is 0 Å². The number of carbonyl (C=O) groups is 1. The van der Waals surface area contributed by atoms with Crippen molar-refractivity contribution in [3.05, 3.63) is 40.7 Å². The lowest BCUT2D eigenvalue weighted by Crippen LogP contribution is -2.27. The van der Waals surface area contributed by atoms with Crippen LogP contribution in [0.3, 0.4) is 0 Å². The van der Waals surface area contributed by atoms with Crippen molar-refractivity contribution in [3.8, 4) is 0 Å². The van der Waals surface area contributed by atoms with E-state index in [2.05, 4.69) is 0 Å². The monoisotopic (exact) mass is 365 g/mol. The SMILES string of the molecule is CC1(F)CCCC(CCC(=O)c2cc(CCO)n3cccc(Cl)c23)C1. The van der Waals surface area contributed by atoms with Crippen molar-refractivity contribution >= 4 is 22.9 Å². The van der Waals surface area contributed by atoms with Crippen LogP contribution in [0.25, 0.3) is 5.52 Å². The molecule has 1 saturated carbocycles. The molecule has 0 radical (unpaired) electrons. The van der Waals surface area contributed by atoms with Crippen molar-refractivity contribution in [1.29, 1.82) is 0 Å². The van der Waals surface area contributed by atoms with Gasteiger partial charge in [0, 0.05) is 36.9 Å². The fourth-order valence-electron chi connectivity index (χ4n) is 4.09. The number of Topliss-reactive ketones (excluding diaryl/α,β-unsaturated/α-hetero) is 1. The first-order chi connectivity index (χ1) is 11.9. The van der Waals surface area contributed by atoms with E-state index in [1.54, 1.807) is 13.0 Å². The number of fused-ring (bicyclic) bond motifs is 1. The number of hydrogen-bond donors (Lipinski definition) is 1. The van der Waals surface area contributed by atoms with Crippen LogP contribution in [0.4, 0.5) is 4.39 Å². The van der Waals surface area contributed by atoms with Gasteiger partial charge in [0.15, 0.2) is 5.78 Å². The summed E-state index contributed by atoms with van der Waals surface area (Å²) in [6.07, 6.45) is 6.53. The number of rotatable bonds is 6. The fraction of sp³-hybridized carbons (Fsp3) is 0.550. The number of aliphatic hydroxyl groups is 1. The number of nitrogens with zero attached hydrogens (tertiary/aromatic N) is 1. The summed E-state index contributed by atoms with van der Waals surface area (Å²) in [5.74, 6) is 0.315. The number of alkyl halides is 1. The number of halogens is 2. The lowest BCUT2D eigenvalue weighted by Gasteiger charge is -2.31. The number of hydrogen-bond acceptors (Lipinski definition) is 2. The third-order valence-corrected chi connectivity index (χ3v) is 5.60. The summed E-state index contributed by atoms with van der Waals surface area (Å²) < 4.78 is 16.1. The standard InChI is InChI=1S/C20H25ClFNO2/c1-20(22)9-2-4-14(13-20)6-7-18(25)16-12-15(8-11-24)23-10-3-5-17(21)19(16)23/h3,5,10,12,14,24H,2,4,6-9,11,13H2,1H3. The minimum absolute atomic E-state index is 0.0173. The van der Waals surface area contributed by atoms with Crippen molar-refractivity contribution in [2.24, 2.45) is 5.92 Å². The second kappa shape index (κ2) is 7.46. The highest BCUT2D eigenvalue weighted by molar-refractivity contribution is 6.35. The average Bonchev–Trinajstić information content (AvgIpc) is 2.92. The number of carbonyl (C=O) groups excluding carboxylic acids is 1. The van der Waals surface area contributed by atoms with E-state index in [4.69, 9.17) is 11.6 Å². The van der Waals surface area contributed by atoms with Gasteiger partial charge in [0.1, 0.15) is 5.67 Å². The topological polar surface area (TPSA) is 41.7 Å². The molecule has 2 aromatic rings. The maximum Gasteiger partial charge on any atom is 0.165 e. The first-order valence-corrected chi connectivity index (χ1v) is 9.40. The van der Waals surface area contributed by atoms with Gasteiger partial charge in [-0.15, -0.1) is 0 Å². The highest BCUT2D eigenvalue weighted by atomic mass is 35.5. The Balaban J connectivity index is 1.78. The van der Waals surface area contributed by atoms with Crippen molar-refractivity contribution in [2.45, 2.75) is 57.5 Å². The van der Waals surface area contributed by atoms with E-state index in [0.717, 1.165) is 25.0 Å². The van der Waals surface area contributed by atoms with Crippen molar-refractivity contribution in [1.82, 2.24) is 4.40 Å². The lowest BCUT2D eigenvalue weighted by atomic mass is 9.78. The molecule has 0 spiro atoms. The molecule has 5 heteroatoms. The Kier molecular flexibility index (Phi) is 5.49. The fourth-order valence-corrected chi connectivity index (χ4v) is 4.35. The number of aliphatic hydroxyl groups excluding tert-OH is 1. The van der Waals surface area contributed by atoms with Gasteiger partial charge in [-0.05, 0) is 50.3 Å². The molecule has 3 nitrogen and oxygen atoms in total. The smallest absolute Gasteiger partial charge is 0.165 e. The molecule has 0 aliphatic heterocycles. The molecule has 1 N–H and O–H groups in total. The van der Waals surface area contributed by atoms with Gasteiger partial charge in [-0.25, -0.2) is 4.39 Å². The molecule has 1 aliphatic rings. The van der Waals surface area contributed by atoms with Crippen molar-refractivity contribution in [3.63, 3.8) is 0 Å². The zero-order valence-electron chi connectivity index (χ0n) is 14.6. The van der Waals surface area contributed by atoms with Crippen LogP contribution in [0.5, 0.6) is 0 Å². The second-order valence-electron chi connectivity index (χ2n) is 7.44. The van der Waals surface area contributed by atoms with E-state index < -0.39 is 5.67 Å². The van der Waals surface area contributed by atoms with Crippen LogP contribution in [-0.2, 0) is 6.42 Å². The third kappa shape index (κ3) is 4.06. The molecule has 25 heavy (non-hydrogen) atoms. The summed E-state index contributed by atoms with van der Waals surface area (Å²) in [6, 6.07) is 5.43. The zero-order valence-corrected chi connectivity index (χ0v) is 15.4. The van der Waals surface area contributed by atoms with Crippen LogP contribution >= 0.6 is 11.6 Å². The molecule has 2 aromatic heterocycles. The summed E-state index contributed by atoms with van der Waals surface area (Å²) in [4.78, 5) is 12.8. The second-order valence-corrected chi connectivity index (χ2v) is 7.84. The molecule has 1 fully saturated rings. The van der Waals surface area contributed by atoms with Crippen LogP contribution in [0.1, 0.15) is 61.5 Å². The Labute approximate surface area is 152 Å². The van der Waals surface area contributed by atoms with E-state index in [9.17, 15) is 14.3 Å². The maximum atomic E-state index is 14.2. The maximum absolute atomic E-state index is 14.2. The molecule has 2 atom stereocenters. The molecule has 3 rings (SSSR count). The molecule has 2 unspecified atom stereocenters. The summed E-state index contributed by atoms with van der Waals surface area (Å²) >= 11 is 6.32. The van der Waals surface area contributed by atoms with Crippen molar-refractivity contribution < 1.29 is 14.3 Å². The minimum Gasteiger partial charge on any atom is -0.396 e. The number of pyridine rings is 1. The molecule has 2 heterocycles. The average molecular weight is 366 g/mol. The van der Waals surface area contributed by atoms with Crippen LogP contribution in [0, 0.1) is 5.92 Å². The Hall–Kier alpha value is -1.39. The molecule has 0 bridgehead atoms.